The van der Waals surface area contributed by atoms with Crippen molar-refractivity contribution in [2.24, 2.45) is 0 Å². The van der Waals surface area contributed by atoms with Crippen molar-refractivity contribution < 1.29 is 10.0 Å². The molecular weight excluding hydrogens is 240 g/mol. The molecule has 0 aliphatic rings. The zero-order valence-electron chi connectivity index (χ0n) is 10.8. The number of para-hydroxylation sites is 1. The molecule has 2 rings (SSSR count). The minimum atomic E-state index is -0.313. The molecule has 1 amide bonds. The van der Waals surface area contributed by atoms with Crippen molar-refractivity contribution in [2.75, 3.05) is 0 Å². The number of benzene rings is 1. The number of fused-ring (bicyclic) bond motifs is 1. The number of rotatable bonds is 6. The first-order valence-electron chi connectivity index (χ1n) is 6.56. The van der Waals surface area contributed by atoms with E-state index < -0.39 is 0 Å². The molecule has 19 heavy (non-hydrogen) atoms. The lowest BCUT2D eigenvalue weighted by atomic mass is 10.1. The van der Waals surface area contributed by atoms with Crippen LogP contribution >= 0.6 is 0 Å². The van der Waals surface area contributed by atoms with E-state index in [2.05, 4.69) is 17.1 Å². The lowest BCUT2D eigenvalue weighted by Gasteiger charge is -2.03. The minimum absolute atomic E-state index is 0.313. The summed E-state index contributed by atoms with van der Waals surface area (Å²) in [5.41, 5.74) is 3.89. The number of nitrogens with zero attached hydrogens (tertiary/aromatic N) is 1. The summed E-state index contributed by atoms with van der Waals surface area (Å²) < 4.78 is 0. The molecule has 0 saturated carbocycles. The number of carbonyl (C=O) groups excluding carboxylic acids is 1. The Hall–Kier alpha value is -1.94. The van der Waals surface area contributed by atoms with Gasteiger partial charge in [0.2, 0.25) is 5.91 Å². The maximum absolute atomic E-state index is 10.8. The van der Waals surface area contributed by atoms with Crippen molar-refractivity contribution in [3.8, 4) is 0 Å². The number of hydrogen-bond donors (Lipinski definition) is 2. The fourth-order valence-corrected chi connectivity index (χ4v) is 2.10. The van der Waals surface area contributed by atoms with Gasteiger partial charge in [0.25, 0.3) is 0 Å². The average molecular weight is 258 g/mol. The van der Waals surface area contributed by atoms with E-state index in [9.17, 15) is 4.79 Å². The van der Waals surface area contributed by atoms with Gasteiger partial charge in [0.05, 0.1) is 5.52 Å². The van der Waals surface area contributed by atoms with Crippen LogP contribution < -0.4 is 5.48 Å². The molecule has 4 nitrogen and oxygen atoms in total. The first-order chi connectivity index (χ1) is 9.29. The lowest BCUT2D eigenvalue weighted by molar-refractivity contribution is -0.129. The average Bonchev–Trinajstić information content (AvgIpc) is 2.46. The Kier molecular flexibility index (Phi) is 4.86. The Bertz CT molecular complexity index is 555. The lowest BCUT2D eigenvalue weighted by Crippen LogP contribution is -2.17. The molecule has 4 heteroatoms. The molecule has 1 aromatic carbocycles. The maximum atomic E-state index is 10.8. The molecule has 0 unspecified atom stereocenters. The first-order valence-corrected chi connectivity index (χ1v) is 6.56. The fourth-order valence-electron chi connectivity index (χ4n) is 2.10. The van der Waals surface area contributed by atoms with Gasteiger partial charge in [-0.05, 0) is 37.0 Å². The molecule has 0 bridgehead atoms. The van der Waals surface area contributed by atoms with Crippen LogP contribution in [0.5, 0.6) is 0 Å². The van der Waals surface area contributed by atoms with Gasteiger partial charge in [-0.15, -0.1) is 0 Å². The van der Waals surface area contributed by atoms with E-state index in [1.807, 2.05) is 24.4 Å². The first kappa shape index (κ1) is 13.5. The summed E-state index contributed by atoms with van der Waals surface area (Å²) in [5.74, 6) is -0.313. The second-order valence-electron chi connectivity index (χ2n) is 4.63. The van der Waals surface area contributed by atoms with Crippen LogP contribution in [0.3, 0.4) is 0 Å². The van der Waals surface area contributed by atoms with E-state index in [0.717, 1.165) is 31.2 Å². The quantitative estimate of drug-likeness (QED) is 0.476. The summed E-state index contributed by atoms with van der Waals surface area (Å²) in [6, 6.07) is 10.2. The van der Waals surface area contributed by atoms with Gasteiger partial charge in [0.1, 0.15) is 0 Å². The van der Waals surface area contributed by atoms with Crippen LogP contribution in [0.2, 0.25) is 0 Å². The van der Waals surface area contributed by atoms with Crippen molar-refractivity contribution in [3.63, 3.8) is 0 Å². The number of aromatic nitrogens is 1. The predicted molar refractivity (Wildman–Crippen MR) is 73.8 cm³/mol. The fraction of sp³-hybridized carbons (Fsp3) is 0.333. The summed E-state index contributed by atoms with van der Waals surface area (Å²) in [5, 5.41) is 9.53. The van der Waals surface area contributed by atoms with E-state index in [4.69, 9.17) is 5.21 Å². The molecule has 2 aromatic rings. The van der Waals surface area contributed by atoms with Crippen LogP contribution in [0, 0.1) is 0 Å². The summed E-state index contributed by atoms with van der Waals surface area (Å²) in [6.07, 6.45) is 6.07. The zero-order chi connectivity index (χ0) is 13.5. The molecule has 0 spiro atoms. The molecular formula is C15H18N2O2. The second-order valence-corrected chi connectivity index (χ2v) is 4.63. The zero-order valence-corrected chi connectivity index (χ0v) is 10.8. The Morgan fingerprint density at radius 1 is 1.21 bits per heavy atom. The molecule has 0 atom stereocenters. The minimum Gasteiger partial charge on any atom is -0.289 e. The third kappa shape index (κ3) is 4.03. The molecule has 1 aromatic heterocycles. The number of nitrogens with one attached hydrogen (secondary N) is 1. The van der Waals surface area contributed by atoms with E-state index >= 15 is 0 Å². The van der Waals surface area contributed by atoms with Gasteiger partial charge in [-0.2, -0.15) is 0 Å². The van der Waals surface area contributed by atoms with Crippen molar-refractivity contribution in [2.45, 2.75) is 32.1 Å². The molecule has 1 heterocycles. The van der Waals surface area contributed by atoms with Gasteiger partial charge in [0.15, 0.2) is 0 Å². The van der Waals surface area contributed by atoms with Gasteiger partial charge in [-0.3, -0.25) is 15.0 Å². The van der Waals surface area contributed by atoms with Crippen LogP contribution in [-0.4, -0.2) is 16.1 Å². The topological polar surface area (TPSA) is 62.2 Å². The Labute approximate surface area is 112 Å². The Morgan fingerprint density at radius 3 is 2.89 bits per heavy atom. The number of carbonyl (C=O) groups is 1. The van der Waals surface area contributed by atoms with Crippen molar-refractivity contribution in [1.29, 1.82) is 0 Å². The molecule has 0 aliphatic carbocycles. The highest BCUT2D eigenvalue weighted by molar-refractivity contribution is 5.78. The summed E-state index contributed by atoms with van der Waals surface area (Å²) >= 11 is 0. The van der Waals surface area contributed by atoms with Crippen molar-refractivity contribution >= 4 is 16.8 Å². The number of pyridine rings is 1. The third-order valence-corrected chi connectivity index (χ3v) is 3.14. The number of hydroxylamine groups is 1. The standard InChI is InChI=1S/C15H18N2O2/c18-15(17-19)9-3-1-2-6-12-10-13-7-4-5-8-14(13)16-11-12/h4-5,7-8,10-11,19H,1-3,6,9H2,(H,17,18). The van der Waals surface area contributed by atoms with E-state index in [1.54, 1.807) is 5.48 Å². The van der Waals surface area contributed by atoms with Crippen molar-refractivity contribution in [3.05, 3.63) is 42.1 Å². The van der Waals surface area contributed by atoms with Gasteiger partial charge < -0.3 is 0 Å². The highest BCUT2D eigenvalue weighted by Gasteiger charge is 2.00. The molecule has 0 radical (unpaired) electrons. The highest BCUT2D eigenvalue weighted by Crippen LogP contribution is 2.14. The normalized spacial score (nSPS) is 10.6. The molecule has 0 fully saturated rings. The largest absolute Gasteiger partial charge is 0.289 e. The predicted octanol–water partition coefficient (Wildman–Crippen LogP) is 2.84. The van der Waals surface area contributed by atoms with E-state index in [1.165, 1.54) is 10.9 Å². The SMILES string of the molecule is O=C(CCCCCc1cnc2ccccc2c1)NO. The van der Waals surface area contributed by atoms with E-state index in [0.29, 0.717) is 6.42 Å². The number of unbranched alkanes of at least 4 members (excludes halogenated alkanes) is 2. The highest BCUT2D eigenvalue weighted by atomic mass is 16.5. The molecule has 0 saturated heterocycles. The van der Waals surface area contributed by atoms with Crippen LogP contribution in [0.1, 0.15) is 31.2 Å². The number of hydrogen-bond acceptors (Lipinski definition) is 3. The summed E-state index contributed by atoms with van der Waals surface area (Å²) in [7, 11) is 0. The Morgan fingerprint density at radius 2 is 2.05 bits per heavy atom. The van der Waals surface area contributed by atoms with Crippen molar-refractivity contribution in [1.82, 2.24) is 10.5 Å². The number of amides is 1. The second kappa shape index (κ2) is 6.85. The third-order valence-electron chi connectivity index (χ3n) is 3.14. The van der Waals surface area contributed by atoms with Gasteiger partial charge in [-0.1, -0.05) is 24.6 Å². The maximum Gasteiger partial charge on any atom is 0.243 e. The molecule has 100 valence electrons. The number of aryl methyl sites for hydroxylation is 1. The monoisotopic (exact) mass is 258 g/mol. The molecule has 0 aliphatic heterocycles. The molecule has 2 N–H and O–H groups in total. The summed E-state index contributed by atoms with van der Waals surface area (Å²) in [6.45, 7) is 0. The van der Waals surface area contributed by atoms with Gasteiger partial charge in [0, 0.05) is 18.0 Å². The summed E-state index contributed by atoms with van der Waals surface area (Å²) in [4.78, 5) is 15.2. The Balaban J connectivity index is 1.80. The van der Waals surface area contributed by atoms with Gasteiger partial charge in [-0.25, -0.2) is 5.48 Å². The van der Waals surface area contributed by atoms with Crippen LogP contribution in [-0.2, 0) is 11.2 Å². The van der Waals surface area contributed by atoms with E-state index in [-0.39, 0.29) is 5.91 Å². The smallest absolute Gasteiger partial charge is 0.243 e. The van der Waals surface area contributed by atoms with Crippen LogP contribution in [0.15, 0.2) is 36.5 Å². The van der Waals surface area contributed by atoms with Crippen LogP contribution in [0.25, 0.3) is 10.9 Å². The van der Waals surface area contributed by atoms with Crippen LogP contribution in [0.4, 0.5) is 0 Å². The van der Waals surface area contributed by atoms with Gasteiger partial charge >= 0.3 is 0 Å².